The molecule has 0 bridgehead atoms. The lowest BCUT2D eigenvalue weighted by Gasteiger charge is -2.16. The van der Waals surface area contributed by atoms with Crippen molar-refractivity contribution in [1.82, 2.24) is 14.6 Å². The quantitative estimate of drug-likeness (QED) is 0.889. The number of rotatable bonds is 4. The van der Waals surface area contributed by atoms with Crippen LogP contribution in [0.2, 0.25) is 0 Å². The van der Waals surface area contributed by atoms with Crippen LogP contribution < -0.4 is 4.72 Å². The molecule has 1 aromatic heterocycles. The van der Waals surface area contributed by atoms with Crippen LogP contribution in [0.3, 0.4) is 0 Å². The number of sulfonamides is 1. The van der Waals surface area contributed by atoms with Crippen molar-refractivity contribution in [3.8, 4) is 0 Å². The summed E-state index contributed by atoms with van der Waals surface area (Å²) in [5.41, 5.74) is 1.43. The zero-order valence-corrected chi connectivity index (χ0v) is 13.5. The van der Waals surface area contributed by atoms with Crippen LogP contribution in [0.5, 0.6) is 0 Å². The van der Waals surface area contributed by atoms with Gasteiger partial charge in [0.05, 0.1) is 5.25 Å². The molecular weight excluding hydrogens is 314 g/mol. The van der Waals surface area contributed by atoms with Gasteiger partial charge in [-0.1, -0.05) is 18.2 Å². The van der Waals surface area contributed by atoms with E-state index >= 15 is 0 Å². The summed E-state index contributed by atoms with van der Waals surface area (Å²) in [4.78, 5) is 17.3. The lowest BCUT2D eigenvalue weighted by molar-refractivity contribution is 0.0788. The zero-order valence-electron chi connectivity index (χ0n) is 12.7. The van der Waals surface area contributed by atoms with E-state index in [1.54, 1.807) is 4.90 Å². The van der Waals surface area contributed by atoms with Crippen LogP contribution in [0.1, 0.15) is 29.8 Å². The molecule has 1 saturated heterocycles. The highest BCUT2D eigenvalue weighted by Gasteiger charge is 2.38. The van der Waals surface area contributed by atoms with E-state index in [4.69, 9.17) is 0 Å². The maximum absolute atomic E-state index is 12.6. The molecule has 1 aromatic carbocycles. The van der Waals surface area contributed by atoms with Crippen molar-refractivity contribution in [1.29, 1.82) is 0 Å². The molecule has 2 N–H and O–H groups in total. The van der Waals surface area contributed by atoms with E-state index in [0.29, 0.717) is 18.7 Å². The minimum Gasteiger partial charge on any atom is -0.351 e. The molecule has 2 heterocycles. The fourth-order valence-electron chi connectivity index (χ4n) is 3.05. The predicted molar refractivity (Wildman–Crippen MR) is 87.7 cm³/mol. The number of nitrogens with one attached hydrogen (secondary N) is 2. The van der Waals surface area contributed by atoms with Crippen molar-refractivity contribution >= 4 is 26.8 Å². The number of benzene rings is 1. The van der Waals surface area contributed by atoms with Crippen LogP contribution in [-0.2, 0) is 10.0 Å². The Bertz CT molecular complexity index is 821. The number of nitrogens with zero attached hydrogens (tertiary/aromatic N) is 1. The second-order valence-electron chi connectivity index (χ2n) is 6.37. The molecule has 0 spiro atoms. The molecular formula is C16H19N3O3S. The van der Waals surface area contributed by atoms with Crippen molar-refractivity contribution in [2.45, 2.75) is 30.6 Å². The van der Waals surface area contributed by atoms with Crippen molar-refractivity contribution in [3.63, 3.8) is 0 Å². The van der Waals surface area contributed by atoms with E-state index in [0.717, 1.165) is 23.7 Å². The van der Waals surface area contributed by atoms with Gasteiger partial charge in [0.15, 0.2) is 0 Å². The monoisotopic (exact) mass is 333 g/mol. The first-order valence-corrected chi connectivity index (χ1v) is 9.46. The first kappa shape index (κ1) is 14.7. The highest BCUT2D eigenvalue weighted by atomic mass is 32.2. The molecule has 2 aromatic rings. The van der Waals surface area contributed by atoms with Gasteiger partial charge in [-0.2, -0.15) is 0 Å². The molecule has 1 atom stereocenters. The summed E-state index contributed by atoms with van der Waals surface area (Å²) >= 11 is 0. The standard InChI is InChI=1S/C16H19N3O3S/c20-16(15-9-11-3-1-2-4-14(11)17-15)19-8-7-13(10-19)23(21,22)18-12-5-6-12/h1-4,9,12-13,17-18H,5-8,10H2. The Morgan fingerprint density at radius 1 is 1.22 bits per heavy atom. The molecule has 1 aliphatic carbocycles. The van der Waals surface area contributed by atoms with Gasteiger partial charge >= 0.3 is 0 Å². The second kappa shape index (κ2) is 5.35. The fraction of sp³-hybridized carbons (Fsp3) is 0.438. The van der Waals surface area contributed by atoms with Gasteiger partial charge in [-0.05, 0) is 31.4 Å². The molecule has 6 nitrogen and oxygen atoms in total. The number of hydrogen-bond donors (Lipinski definition) is 2. The number of H-pyrrole nitrogens is 1. The van der Waals surface area contributed by atoms with Gasteiger partial charge in [0.1, 0.15) is 5.69 Å². The molecule has 1 saturated carbocycles. The maximum Gasteiger partial charge on any atom is 0.270 e. The SMILES string of the molecule is O=C(c1cc2ccccc2[nH]1)N1CCC(S(=O)(=O)NC2CC2)C1. The topological polar surface area (TPSA) is 82.3 Å². The normalized spacial score (nSPS) is 21.9. The number of aromatic nitrogens is 1. The number of aromatic amines is 1. The van der Waals surface area contributed by atoms with Crippen LogP contribution in [-0.4, -0.2) is 48.6 Å². The van der Waals surface area contributed by atoms with Crippen LogP contribution in [0.15, 0.2) is 30.3 Å². The summed E-state index contributed by atoms with van der Waals surface area (Å²) in [5.74, 6) is -0.134. The van der Waals surface area contributed by atoms with E-state index in [1.165, 1.54) is 0 Å². The Balaban J connectivity index is 1.49. The number of carbonyl (C=O) groups is 1. The number of hydrogen-bond acceptors (Lipinski definition) is 3. The van der Waals surface area contributed by atoms with E-state index in [1.807, 2.05) is 30.3 Å². The van der Waals surface area contributed by atoms with Crippen LogP contribution in [0, 0.1) is 0 Å². The number of fused-ring (bicyclic) bond motifs is 1. The van der Waals surface area contributed by atoms with Crippen molar-refractivity contribution in [2.24, 2.45) is 0 Å². The summed E-state index contributed by atoms with van der Waals surface area (Å²) in [6.45, 7) is 0.737. The molecule has 4 rings (SSSR count). The Morgan fingerprint density at radius 2 is 2.00 bits per heavy atom. The van der Waals surface area contributed by atoms with Gasteiger partial charge in [0.25, 0.3) is 5.91 Å². The molecule has 23 heavy (non-hydrogen) atoms. The summed E-state index contributed by atoms with van der Waals surface area (Å²) in [7, 11) is -3.32. The molecule has 7 heteroatoms. The number of likely N-dealkylation sites (tertiary alicyclic amines) is 1. The Hall–Kier alpha value is -1.86. The third-order valence-electron chi connectivity index (χ3n) is 4.54. The number of carbonyl (C=O) groups excluding carboxylic acids is 1. The summed E-state index contributed by atoms with van der Waals surface area (Å²) < 4.78 is 27.3. The van der Waals surface area contributed by atoms with Gasteiger partial charge < -0.3 is 9.88 Å². The van der Waals surface area contributed by atoms with Crippen molar-refractivity contribution in [2.75, 3.05) is 13.1 Å². The average molecular weight is 333 g/mol. The predicted octanol–water partition coefficient (Wildman–Crippen LogP) is 1.46. The lowest BCUT2D eigenvalue weighted by Crippen LogP contribution is -2.38. The number of para-hydroxylation sites is 1. The average Bonchev–Trinajstić information content (AvgIpc) is 3.07. The van der Waals surface area contributed by atoms with Crippen LogP contribution in [0.25, 0.3) is 10.9 Å². The maximum atomic E-state index is 12.6. The van der Waals surface area contributed by atoms with Gasteiger partial charge in [-0.15, -0.1) is 0 Å². The lowest BCUT2D eigenvalue weighted by atomic mass is 10.2. The van der Waals surface area contributed by atoms with Gasteiger partial charge in [0.2, 0.25) is 10.0 Å². The summed E-state index contributed by atoms with van der Waals surface area (Å²) in [6.07, 6.45) is 2.33. The Labute approximate surface area is 134 Å². The zero-order chi connectivity index (χ0) is 16.0. The molecule has 122 valence electrons. The van der Waals surface area contributed by atoms with Gasteiger partial charge in [-0.3, -0.25) is 4.79 Å². The van der Waals surface area contributed by atoms with Gasteiger partial charge in [0, 0.05) is 30.0 Å². The van der Waals surface area contributed by atoms with E-state index in [2.05, 4.69) is 9.71 Å². The van der Waals surface area contributed by atoms with E-state index in [9.17, 15) is 13.2 Å². The molecule has 1 aliphatic heterocycles. The van der Waals surface area contributed by atoms with Crippen LogP contribution in [0.4, 0.5) is 0 Å². The molecule has 0 radical (unpaired) electrons. The third-order valence-corrected chi connectivity index (χ3v) is 6.46. The highest BCUT2D eigenvalue weighted by Crippen LogP contribution is 2.25. The smallest absolute Gasteiger partial charge is 0.270 e. The molecule has 2 aliphatic rings. The highest BCUT2D eigenvalue weighted by molar-refractivity contribution is 7.90. The summed E-state index contributed by atoms with van der Waals surface area (Å²) in [5, 5.41) is 0.478. The largest absolute Gasteiger partial charge is 0.351 e. The van der Waals surface area contributed by atoms with E-state index in [-0.39, 0.29) is 18.5 Å². The first-order valence-electron chi connectivity index (χ1n) is 7.91. The van der Waals surface area contributed by atoms with Crippen LogP contribution >= 0.6 is 0 Å². The van der Waals surface area contributed by atoms with Crippen molar-refractivity contribution < 1.29 is 13.2 Å². The minimum absolute atomic E-state index is 0.110. The molecule has 1 amide bonds. The first-order chi connectivity index (χ1) is 11.0. The third kappa shape index (κ3) is 2.86. The second-order valence-corrected chi connectivity index (χ2v) is 8.36. The summed E-state index contributed by atoms with van der Waals surface area (Å²) in [6, 6.07) is 9.63. The van der Waals surface area contributed by atoms with Gasteiger partial charge in [-0.25, -0.2) is 13.1 Å². The number of amides is 1. The molecule has 1 unspecified atom stereocenters. The minimum atomic E-state index is -3.32. The van der Waals surface area contributed by atoms with Crippen molar-refractivity contribution in [3.05, 3.63) is 36.0 Å². The fourth-order valence-corrected chi connectivity index (χ4v) is 4.74. The molecule has 2 fully saturated rings. The Morgan fingerprint density at radius 3 is 2.74 bits per heavy atom. The Kier molecular flexibility index (Phi) is 3.42. The van der Waals surface area contributed by atoms with E-state index < -0.39 is 15.3 Å².